The predicted octanol–water partition coefficient (Wildman–Crippen LogP) is 2.78. The van der Waals surface area contributed by atoms with E-state index >= 15 is 0 Å². The molecular weight excluding hydrogens is 304 g/mol. The molecule has 122 valence electrons. The Kier molecular flexibility index (Phi) is 3.78. The zero-order valence-electron chi connectivity index (χ0n) is 13.3. The van der Waals surface area contributed by atoms with Gasteiger partial charge in [0.1, 0.15) is 6.33 Å². The molecule has 0 saturated heterocycles. The molecule has 0 radical (unpaired) electrons. The minimum atomic E-state index is -0.00620. The number of aromatic amines is 1. The summed E-state index contributed by atoms with van der Waals surface area (Å²) < 4.78 is 0. The Hall–Kier alpha value is -3.03. The minimum absolute atomic E-state index is 0.00620. The van der Waals surface area contributed by atoms with Gasteiger partial charge in [0.2, 0.25) is 11.9 Å². The van der Waals surface area contributed by atoms with E-state index in [2.05, 4.69) is 40.8 Å². The lowest BCUT2D eigenvalue weighted by Gasteiger charge is -2.13. The van der Waals surface area contributed by atoms with Crippen LogP contribution >= 0.6 is 0 Å². The van der Waals surface area contributed by atoms with Crippen molar-refractivity contribution in [1.29, 1.82) is 0 Å². The average Bonchev–Trinajstić information content (AvgIpc) is 3.36. The van der Waals surface area contributed by atoms with Crippen molar-refractivity contribution in [3.05, 3.63) is 48.2 Å². The number of rotatable bonds is 6. The molecule has 0 aliphatic heterocycles. The lowest BCUT2D eigenvalue weighted by molar-refractivity contribution is 0.818. The number of aromatic nitrogens is 6. The number of hydrogen-bond acceptors (Lipinski definition) is 7. The molecule has 1 aliphatic carbocycles. The molecule has 1 aliphatic rings. The van der Waals surface area contributed by atoms with E-state index in [0.29, 0.717) is 23.6 Å². The summed E-state index contributed by atoms with van der Waals surface area (Å²) in [5.74, 6) is 2.29. The largest absolute Gasteiger partial charge is 0.346 e. The molecule has 1 atom stereocenters. The Bertz CT molecular complexity index is 812. The summed E-state index contributed by atoms with van der Waals surface area (Å²) in [6.07, 6.45) is 5.69. The van der Waals surface area contributed by atoms with E-state index in [1.165, 1.54) is 19.2 Å². The summed E-state index contributed by atoms with van der Waals surface area (Å²) in [6.45, 7) is 2.01. The van der Waals surface area contributed by atoms with Crippen LogP contribution in [0.25, 0.3) is 0 Å². The molecule has 0 spiro atoms. The zero-order valence-corrected chi connectivity index (χ0v) is 13.3. The second kappa shape index (κ2) is 6.23. The van der Waals surface area contributed by atoms with Gasteiger partial charge in [-0.15, -0.1) is 0 Å². The predicted molar refractivity (Wildman–Crippen MR) is 89.9 cm³/mol. The second-order valence-electron chi connectivity index (χ2n) is 5.86. The van der Waals surface area contributed by atoms with E-state index in [4.69, 9.17) is 0 Å². The molecule has 3 aromatic heterocycles. The maximum Gasteiger partial charge on any atom is 0.233 e. The van der Waals surface area contributed by atoms with Crippen LogP contribution in [0, 0.1) is 0 Å². The van der Waals surface area contributed by atoms with Crippen LogP contribution in [0.15, 0.2) is 36.8 Å². The number of nitrogens with one attached hydrogen (secondary N) is 3. The number of anilines is 3. The lowest BCUT2D eigenvalue weighted by Crippen LogP contribution is -2.11. The van der Waals surface area contributed by atoms with Gasteiger partial charge in [0, 0.05) is 23.9 Å². The van der Waals surface area contributed by atoms with Crippen LogP contribution in [0.4, 0.5) is 17.7 Å². The van der Waals surface area contributed by atoms with Crippen molar-refractivity contribution in [2.24, 2.45) is 0 Å². The number of pyridine rings is 1. The Morgan fingerprint density at radius 3 is 2.83 bits per heavy atom. The Labute approximate surface area is 139 Å². The first-order chi connectivity index (χ1) is 11.8. The van der Waals surface area contributed by atoms with Gasteiger partial charge in [0.25, 0.3) is 0 Å². The standard InChI is InChI=1S/C16H18N8/c1-10(12-4-2-3-7-17-12)20-15-18-9-19-16(22-15)21-14-8-13(23-24-14)11-5-6-11/h2-4,7-11H,5-6H2,1H3,(H3,18,19,20,21,22,23,24). The summed E-state index contributed by atoms with van der Waals surface area (Å²) in [7, 11) is 0. The van der Waals surface area contributed by atoms with Crippen molar-refractivity contribution in [1.82, 2.24) is 30.1 Å². The van der Waals surface area contributed by atoms with E-state index in [1.54, 1.807) is 6.20 Å². The van der Waals surface area contributed by atoms with Gasteiger partial charge in [-0.05, 0) is 31.9 Å². The molecule has 3 heterocycles. The zero-order chi connectivity index (χ0) is 16.4. The fourth-order valence-electron chi connectivity index (χ4n) is 2.44. The molecule has 8 heteroatoms. The van der Waals surface area contributed by atoms with E-state index in [9.17, 15) is 0 Å². The van der Waals surface area contributed by atoms with Crippen molar-refractivity contribution in [2.45, 2.75) is 31.7 Å². The second-order valence-corrected chi connectivity index (χ2v) is 5.86. The van der Waals surface area contributed by atoms with E-state index < -0.39 is 0 Å². The Morgan fingerprint density at radius 1 is 1.17 bits per heavy atom. The number of nitrogens with zero attached hydrogens (tertiary/aromatic N) is 5. The molecular formula is C16H18N8. The van der Waals surface area contributed by atoms with Gasteiger partial charge in [0.15, 0.2) is 5.82 Å². The molecule has 0 bridgehead atoms. The minimum Gasteiger partial charge on any atom is -0.346 e. The maximum atomic E-state index is 4.38. The topological polar surface area (TPSA) is 104 Å². The molecule has 0 amide bonds. The first-order valence-corrected chi connectivity index (χ1v) is 7.97. The lowest BCUT2D eigenvalue weighted by atomic mass is 10.2. The summed E-state index contributed by atoms with van der Waals surface area (Å²) in [5.41, 5.74) is 2.09. The smallest absolute Gasteiger partial charge is 0.233 e. The summed E-state index contributed by atoms with van der Waals surface area (Å²) in [5, 5.41) is 13.6. The SMILES string of the molecule is CC(Nc1ncnc(Nc2cc(C3CC3)[nH]n2)n1)c1ccccn1. The van der Waals surface area contributed by atoms with Gasteiger partial charge >= 0.3 is 0 Å². The summed E-state index contributed by atoms with van der Waals surface area (Å²) in [6, 6.07) is 7.80. The average molecular weight is 322 g/mol. The van der Waals surface area contributed by atoms with Gasteiger partial charge in [-0.25, -0.2) is 9.97 Å². The monoisotopic (exact) mass is 322 g/mol. The highest BCUT2D eigenvalue weighted by molar-refractivity contribution is 5.49. The molecule has 8 nitrogen and oxygen atoms in total. The first kappa shape index (κ1) is 14.6. The highest BCUT2D eigenvalue weighted by Crippen LogP contribution is 2.39. The van der Waals surface area contributed by atoms with Crippen LogP contribution in [-0.4, -0.2) is 30.1 Å². The molecule has 3 aromatic rings. The Morgan fingerprint density at radius 2 is 2.04 bits per heavy atom. The van der Waals surface area contributed by atoms with Crippen molar-refractivity contribution >= 4 is 17.7 Å². The van der Waals surface area contributed by atoms with Gasteiger partial charge in [-0.1, -0.05) is 6.07 Å². The summed E-state index contributed by atoms with van der Waals surface area (Å²) >= 11 is 0. The first-order valence-electron chi connectivity index (χ1n) is 7.97. The van der Waals surface area contributed by atoms with Crippen LogP contribution in [0.5, 0.6) is 0 Å². The van der Waals surface area contributed by atoms with E-state index in [-0.39, 0.29) is 6.04 Å². The molecule has 0 aromatic carbocycles. The molecule has 1 fully saturated rings. The van der Waals surface area contributed by atoms with Crippen LogP contribution < -0.4 is 10.6 Å². The van der Waals surface area contributed by atoms with Crippen molar-refractivity contribution in [3.8, 4) is 0 Å². The van der Waals surface area contributed by atoms with Crippen LogP contribution in [0.1, 0.15) is 43.1 Å². The van der Waals surface area contributed by atoms with Gasteiger partial charge < -0.3 is 10.6 Å². The van der Waals surface area contributed by atoms with Gasteiger partial charge in [0.05, 0.1) is 11.7 Å². The summed E-state index contributed by atoms with van der Waals surface area (Å²) in [4.78, 5) is 17.0. The van der Waals surface area contributed by atoms with Gasteiger partial charge in [-0.2, -0.15) is 10.1 Å². The molecule has 1 saturated carbocycles. The van der Waals surface area contributed by atoms with Crippen LogP contribution in [0.2, 0.25) is 0 Å². The molecule has 4 rings (SSSR count). The highest BCUT2D eigenvalue weighted by atomic mass is 15.3. The fraction of sp³-hybridized carbons (Fsp3) is 0.312. The number of H-pyrrole nitrogens is 1. The van der Waals surface area contributed by atoms with Crippen LogP contribution in [-0.2, 0) is 0 Å². The molecule has 1 unspecified atom stereocenters. The van der Waals surface area contributed by atoms with Crippen molar-refractivity contribution < 1.29 is 0 Å². The van der Waals surface area contributed by atoms with Crippen LogP contribution in [0.3, 0.4) is 0 Å². The third-order valence-corrected chi connectivity index (χ3v) is 3.90. The van der Waals surface area contributed by atoms with E-state index in [1.807, 2.05) is 31.2 Å². The molecule has 3 N–H and O–H groups in total. The third-order valence-electron chi connectivity index (χ3n) is 3.90. The van der Waals surface area contributed by atoms with Crippen molar-refractivity contribution in [2.75, 3.05) is 10.6 Å². The Balaban J connectivity index is 1.44. The van der Waals surface area contributed by atoms with Gasteiger partial charge in [-0.3, -0.25) is 10.1 Å². The molecule has 24 heavy (non-hydrogen) atoms. The van der Waals surface area contributed by atoms with Crippen molar-refractivity contribution in [3.63, 3.8) is 0 Å². The third kappa shape index (κ3) is 3.32. The van der Waals surface area contributed by atoms with E-state index in [0.717, 1.165) is 11.4 Å². The quantitative estimate of drug-likeness (QED) is 0.641. The highest BCUT2D eigenvalue weighted by Gasteiger charge is 2.25. The maximum absolute atomic E-state index is 4.38. The fourth-order valence-corrected chi connectivity index (χ4v) is 2.44. The normalized spacial score (nSPS) is 15.0. The number of hydrogen-bond donors (Lipinski definition) is 3.